The van der Waals surface area contributed by atoms with Crippen LogP contribution in [0.4, 0.5) is 5.69 Å². The normalized spacial score (nSPS) is 24.0. The standard InChI is InChI=1S/C10H14N6O4.ClH/c1-12-6-3-16(10(19)13-9(6)18)8-2-5(14-15-11)7(4-17)20-8;/h3,5,7-8,12,17H,2,4H2,1H3,(H,13,18,19);1H. The van der Waals surface area contributed by atoms with E-state index in [0.29, 0.717) is 0 Å². The predicted molar refractivity (Wildman–Crippen MR) is 76.7 cm³/mol. The minimum Gasteiger partial charge on any atom is -0.394 e. The number of ether oxygens (including phenoxy) is 1. The number of H-pyrrole nitrogens is 1. The molecule has 0 aliphatic carbocycles. The molecule has 3 N–H and O–H groups in total. The number of hydrogen-bond acceptors (Lipinski definition) is 6. The van der Waals surface area contributed by atoms with Gasteiger partial charge in [0, 0.05) is 24.6 Å². The Morgan fingerprint density at radius 1 is 1.67 bits per heavy atom. The molecule has 0 spiro atoms. The van der Waals surface area contributed by atoms with Crippen LogP contribution in [-0.2, 0) is 4.74 Å². The zero-order chi connectivity index (χ0) is 14.7. The molecule has 1 fully saturated rings. The fourth-order valence-electron chi connectivity index (χ4n) is 2.12. The second-order valence-electron chi connectivity index (χ2n) is 4.28. The number of hydrogen-bond donors (Lipinski definition) is 3. The highest BCUT2D eigenvalue weighted by Gasteiger charge is 2.35. The van der Waals surface area contributed by atoms with Gasteiger partial charge < -0.3 is 15.2 Å². The number of nitrogens with zero attached hydrogens (tertiary/aromatic N) is 4. The maximum atomic E-state index is 11.8. The first kappa shape index (κ1) is 17.1. The monoisotopic (exact) mass is 318 g/mol. The Morgan fingerprint density at radius 2 is 2.38 bits per heavy atom. The lowest BCUT2D eigenvalue weighted by atomic mass is 10.1. The summed E-state index contributed by atoms with van der Waals surface area (Å²) in [5.41, 5.74) is 7.52. The average molecular weight is 319 g/mol. The topological polar surface area (TPSA) is 145 Å². The number of rotatable bonds is 4. The largest absolute Gasteiger partial charge is 0.394 e. The molecule has 1 aliphatic heterocycles. The first-order chi connectivity index (χ1) is 9.60. The van der Waals surface area contributed by atoms with Crippen molar-refractivity contribution in [2.45, 2.75) is 24.8 Å². The van der Waals surface area contributed by atoms with Crippen molar-refractivity contribution >= 4 is 18.1 Å². The number of aliphatic hydroxyl groups is 1. The molecular formula is C10H15ClN6O4. The molecule has 0 amide bonds. The molecule has 116 valence electrons. The van der Waals surface area contributed by atoms with E-state index in [1.54, 1.807) is 7.05 Å². The van der Waals surface area contributed by atoms with Gasteiger partial charge >= 0.3 is 5.69 Å². The van der Waals surface area contributed by atoms with Crippen molar-refractivity contribution in [2.75, 3.05) is 19.0 Å². The molecule has 10 nitrogen and oxygen atoms in total. The second kappa shape index (κ2) is 7.14. The van der Waals surface area contributed by atoms with Gasteiger partial charge in [0.1, 0.15) is 11.9 Å². The Kier molecular flexibility index (Phi) is 5.79. The van der Waals surface area contributed by atoms with Crippen LogP contribution in [0.2, 0.25) is 0 Å². The third kappa shape index (κ3) is 3.37. The van der Waals surface area contributed by atoms with Gasteiger partial charge in [-0.2, -0.15) is 0 Å². The SMILES string of the molecule is CNc1cn(C2CC(N=[N+]=[N-])C(CO)O2)c(=O)[nH]c1=O.Cl. The quantitative estimate of drug-likeness (QED) is 0.405. The lowest BCUT2D eigenvalue weighted by Gasteiger charge is -2.15. The maximum absolute atomic E-state index is 11.8. The van der Waals surface area contributed by atoms with Gasteiger partial charge in [-0.3, -0.25) is 14.3 Å². The smallest absolute Gasteiger partial charge is 0.330 e. The predicted octanol–water partition coefficient (Wildman–Crippen LogP) is -0.0412. The molecular weight excluding hydrogens is 304 g/mol. The zero-order valence-electron chi connectivity index (χ0n) is 11.1. The summed E-state index contributed by atoms with van der Waals surface area (Å²) in [4.78, 5) is 28.1. The van der Waals surface area contributed by atoms with Crippen molar-refractivity contribution < 1.29 is 9.84 Å². The minimum atomic E-state index is -0.709. The maximum Gasteiger partial charge on any atom is 0.330 e. The summed E-state index contributed by atoms with van der Waals surface area (Å²) in [6, 6.07) is -0.563. The van der Waals surface area contributed by atoms with Crippen LogP contribution in [0.25, 0.3) is 10.4 Å². The van der Waals surface area contributed by atoms with Crippen LogP contribution in [0.1, 0.15) is 12.6 Å². The first-order valence-electron chi connectivity index (χ1n) is 5.94. The summed E-state index contributed by atoms with van der Waals surface area (Å²) in [5, 5.41) is 15.4. The lowest BCUT2D eigenvalue weighted by molar-refractivity contribution is -0.0269. The fourth-order valence-corrected chi connectivity index (χ4v) is 2.12. The average Bonchev–Trinajstić information content (AvgIpc) is 2.82. The number of aliphatic hydroxyl groups excluding tert-OH is 1. The van der Waals surface area contributed by atoms with E-state index in [1.165, 1.54) is 10.8 Å². The second-order valence-corrected chi connectivity index (χ2v) is 4.28. The third-order valence-corrected chi connectivity index (χ3v) is 3.13. The highest BCUT2D eigenvalue weighted by molar-refractivity contribution is 5.85. The first-order valence-corrected chi connectivity index (χ1v) is 5.94. The number of nitrogens with one attached hydrogen (secondary N) is 2. The molecule has 21 heavy (non-hydrogen) atoms. The Balaban J connectivity index is 0.00000220. The van der Waals surface area contributed by atoms with Gasteiger partial charge in [0.25, 0.3) is 5.56 Å². The van der Waals surface area contributed by atoms with Gasteiger partial charge in [-0.1, -0.05) is 5.11 Å². The van der Waals surface area contributed by atoms with Crippen molar-refractivity contribution in [2.24, 2.45) is 5.11 Å². The highest BCUT2D eigenvalue weighted by atomic mass is 35.5. The van der Waals surface area contributed by atoms with Gasteiger partial charge in [0.15, 0.2) is 0 Å². The summed E-state index contributed by atoms with van der Waals surface area (Å²) in [6.45, 7) is -0.322. The Labute approximate surface area is 124 Å². The molecule has 0 saturated carbocycles. The van der Waals surface area contributed by atoms with Gasteiger partial charge in [0.05, 0.1) is 18.8 Å². The molecule has 0 bridgehead atoms. The molecule has 2 rings (SSSR count). The van der Waals surface area contributed by atoms with Crippen LogP contribution < -0.4 is 16.6 Å². The van der Waals surface area contributed by atoms with E-state index in [4.69, 9.17) is 10.3 Å². The molecule has 0 radical (unpaired) electrons. The number of aromatic amines is 1. The van der Waals surface area contributed by atoms with E-state index >= 15 is 0 Å². The zero-order valence-corrected chi connectivity index (χ0v) is 11.9. The van der Waals surface area contributed by atoms with Gasteiger partial charge in [0.2, 0.25) is 0 Å². The van der Waals surface area contributed by atoms with Crippen molar-refractivity contribution in [3.63, 3.8) is 0 Å². The van der Waals surface area contributed by atoms with E-state index in [9.17, 15) is 14.7 Å². The molecule has 3 unspecified atom stereocenters. The van der Waals surface area contributed by atoms with E-state index in [1.807, 2.05) is 0 Å². The van der Waals surface area contributed by atoms with Crippen molar-refractivity contribution in [3.8, 4) is 0 Å². The summed E-state index contributed by atoms with van der Waals surface area (Å²) in [6.07, 6.45) is 0.190. The van der Waals surface area contributed by atoms with Crippen LogP contribution >= 0.6 is 12.4 Å². The molecule has 1 saturated heterocycles. The van der Waals surface area contributed by atoms with Gasteiger partial charge in [-0.05, 0) is 5.53 Å². The number of anilines is 1. The molecule has 1 aromatic heterocycles. The Bertz CT molecular complexity index is 652. The molecule has 2 heterocycles. The summed E-state index contributed by atoms with van der Waals surface area (Å²) in [7, 11) is 1.55. The molecule has 11 heteroatoms. The molecule has 1 aromatic rings. The Morgan fingerprint density at radius 3 is 2.95 bits per heavy atom. The summed E-state index contributed by atoms with van der Waals surface area (Å²) in [5.74, 6) is 0. The number of azide groups is 1. The van der Waals surface area contributed by atoms with E-state index in [0.717, 1.165) is 0 Å². The van der Waals surface area contributed by atoms with Crippen LogP contribution in [0.15, 0.2) is 20.9 Å². The van der Waals surface area contributed by atoms with Crippen LogP contribution in [0.5, 0.6) is 0 Å². The minimum absolute atomic E-state index is 0. The molecule has 3 atom stereocenters. The van der Waals surface area contributed by atoms with E-state index < -0.39 is 29.6 Å². The lowest BCUT2D eigenvalue weighted by Crippen LogP contribution is -2.33. The number of aromatic nitrogens is 2. The van der Waals surface area contributed by atoms with E-state index in [2.05, 4.69) is 20.3 Å². The van der Waals surface area contributed by atoms with Gasteiger partial charge in [-0.15, -0.1) is 12.4 Å². The van der Waals surface area contributed by atoms with Crippen molar-refractivity contribution in [3.05, 3.63) is 37.5 Å². The van der Waals surface area contributed by atoms with Crippen molar-refractivity contribution in [1.82, 2.24) is 9.55 Å². The van der Waals surface area contributed by atoms with Gasteiger partial charge in [-0.25, -0.2) is 4.79 Å². The van der Waals surface area contributed by atoms with Crippen LogP contribution in [0.3, 0.4) is 0 Å². The fraction of sp³-hybridized carbons (Fsp3) is 0.600. The van der Waals surface area contributed by atoms with E-state index in [-0.39, 0.29) is 31.1 Å². The van der Waals surface area contributed by atoms with Crippen molar-refractivity contribution in [1.29, 1.82) is 0 Å². The number of halogens is 1. The third-order valence-electron chi connectivity index (χ3n) is 3.13. The summed E-state index contributed by atoms with van der Waals surface area (Å²) < 4.78 is 6.68. The Hall–Kier alpha value is -2.00. The summed E-state index contributed by atoms with van der Waals surface area (Å²) >= 11 is 0. The highest BCUT2D eigenvalue weighted by Crippen LogP contribution is 2.29. The van der Waals surface area contributed by atoms with Crippen LogP contribution in [-0.4, -0.2) is 40.5 Å². The molecule has 1 aliphatic rings. The molecule has 0 aromatic carbocycles. The van der Waals surface area contributed by atoms with Crippen LogP contribution in [0, 0.1) is 0 Å².